The predicted octanol–water partition coefficient (Wildman–Crippen LogP) is 2.39. The Balaban J connectivity index is 2.08. The van der Waals surface area contributed by atoms with Crippen LogP contribution in [0.3, 0.4) is 0 Å². The normalized spacial score (nSPS) is 16.5. The molecule has 1 aromatic rings. The first kappa shape index (κ1) is 14.2. The van der Waals surface area contributed by atoms with E-state index in [0.29, 0.717) is 15.9 Å². The van der Waals surface area contributed by atoms with Gasteiger partial charge in [-0.15, -0.1) is 0 Å². The van der Waals surface area contributed by atoms with Gasteiger partial charge in [-0.2, -0.15) is 0 Å². The van der Waals surface area contributed by atoms with Crippen LogP contribution < -0.4 is 11.1 Å². The highest BCUT2D eigenvalue weighted by atomic mass is 35.5. The molecule has 1 aliphatic heterocycles. The number of rotatable bonds is 3. The van der Waals surface area contributed by atoms with E-state index in [1.54, 1.807) is 6.92 Å². The van der Waals surface area contributed by atoms with E-state index in [2.05, 4.69) is 10.3 Å². The Labute approximate surface area is 122 Å². The topological polar surface area (TPSA) is 71.2 Å². The number of hydrogen-bond acceptors (Lipinski definition) is 4. The lowest BCUT2D eigenvalue weighted by Crippen LogP contribution is -2.39. The van der Waals surface area contributed by atoms with E-state index < -0.39 is 6.04 Å². The lowest BCUT2D eigenvalue weighted by molar-refractivity contribution is -0.130. The maximum atomic E-state index is 12.1. The summed E-state index contributed by atoms with van der Waals surface area (Å²) in [5, 5.41) is 3.63. The third-order valence-corrected chi connectivity index (χ3v) is 3.69. The standard InChI is InChI=1S/C12H16Cl2N4O/c1-7(12(19)18-4-2-3-5-18)16-11-9(14)6-8(13)10(15)17-11/h6-7H,2-5H2,1H3,(H3,15,16,17). The molecule has 0 aromatic carbocycles. The number of amides is 1. The molecule has 1 saturated heterocycles. The van der Waals surface area contributed by atoms with E-state index in [9.17, 15) is 4.79 Å². The van der Waals surface area contributed by atoms with E-state index in [0.717, 1.165) is 25.9 Å². The molecule has 3 N–H and O–H groups in total. The van der Waals surface area contributed by atoms with Crippen molar-refractivity contribution in [2.24, 2.45) is 0 Å². The Morgan fingerprint density at radius 3 is 2.68 bits per heavy atom. The van der Waals surface area contributed by atoms with Gasteiger partial charge in [0.1, 0.15) is 17.7 Å². The van der Waals surface area contributed by atoms with E-state index in [4.69, 9.17) is 28.9 Å². The second kappa shape index (κ2) is 5.84. The Morgan fingerprint density at radius 1 is 1.42 bits per heavy atom. The molecular weight excluding hydrogens is 287 g/mol. The highest BCUT2D eigenvalue weighted by molar-refractivity contribution is 6.37. The van der Waals surface area contributed by atoms with Crippen molar-refractivity contribution in [1.82, 2.24) is 9.88 Å². The zero-order chi connectivity index (χ0) is 14.0. The molecule has 0 spiro atoms. The van der Waals surface area contributed by atoms with Crippen molar-refractivity contribution in [3.8, 4) is 0 Å². The second-order valence-electron chi connectivity index (χ2n) is 4.58. The van der Waals surface area contributed by atoms with Crippen molar-refractivity contribution >= 4 is 40.7 Å². The van der Waals surface area contributed by atoms with Gasteiger partial charge in [-0.3, -0.25) is 4.79 Å². The van der Waals surface area contributed by atoms with Gasteiger partial charge in [0.05, 0.1) is 10.0 Å². The van der Waals surface area contributed by atoms with Crippen LogP contribution in [0.4, 0.5) is 11.6 Å². The third-order valence-electron chi connectivity index (χ3n) is 3.10. The number of aromatic nitrogens is 1. The fourth-order valence-corrected chi connectivity index (χ4v) is 2.47. The molecule has 1 aliphatic rings. The number of anilines is 2. The number of pyridine rings is 1. The summed E-state index contributed by atoms with van der Waals surface area (Å²) in [7, 11) is 0. The Morgan fingerprint density at radius 2 is 2.05 bits per heavy atom. The molecule has 2 heterocycles. The van der Waals surface area contributed by atoms with Crippen LogP contribution in [-0.2, 0) is 4.79 Å². The number of nitrogen functional groups attached to an aromatic ring is 1. The lowest BCUT2D eigenvalue weighted by Gasteiger charge is -2.22. The van der Waals surface area contributed by atoms with E-state index in [1.807, 2.05) is 4.90 Å². The summed E-state index contributed by atoms with van der Waals surface area (Å²) >= 11 is 11.8. The van der Waals surface area contributed by atoms with Gasteiger partial charge in [0.15, 0.2) is 0 Å². The van der Waals surface area contributed by atoms with Crippen LogP contribution in [-0.4, -0.2) is 34.9 Å². The molecule has 1 fully saturated rings. The fourth-order valence-electron chi connectivity index (χ4n) is 2.06. The van der Waals surface area contributed by atoms with Gasteiger partial charge in [0, 0.05) is 13.1 Å². The number of carbonyl (C=O) groups is 1. The molecule has 0 aliphatic carbocycles. The summed E-state index contributed by atoms with van der Waals surface area (Å²) in [6.07, 6.45) is 2.12. The number of carbonyl (C=O) groups excluding carboxylic acids is 1. The minimum atomic E-state index is -0.399. The van der Waals surface area contributed by atoms with Crippen LogP contribution in [0.1, 0.15) is 19.8 Å². The Hall–Kier alpha value is -1.20. The molecule has 1 amide bonds. The fraction of sp³-hybridized carbons (Fsp3) is 0.500. The number of nitrogens with two attached hydrogens (primary N) is 1. The highest BCUT2D eigenvalue weighted by Crippen LogP contribution is 2.28. The molecular formula is C12H16Cl2N4O. The molecule has 1 unspecified atom stereocenters. The second-order valence-corrected chi connectivity index (χ2v) is 5.40. The molecule has 0 bridgehead atoms. The predicted molar refractivity (Wildman–Crippen MR) is 77.6 cm³/mol. The summed E-state index contributed by atoms with van der Waals surface area (Å²) in [6, 6.07) is 1.12. The van der Waals surface area contributed by atoms with Gasteiger partial charge < -0.3 is 16.0 Å². The SMILES string of the molecule is CC(Nc1nc(N)c(Cl)cc1Cl)C(=O)N1CCCC1. The monoisotopic (exact) mass is 302 g/mol. The lowest BCUT2D eigenvalue weighted by atomic mass is 10.3. The average molecular weight is 303 g/mol. The van der Waals surface area contributed by atoms with Crippen molar-refractivity contribution in [2.45, 2.75) is 25.8 Å². The summed E-state index contributed by atoms with van der Waals surface area (Å²) in [5.41, 5.74) is 5.63. The van der Waals surface area contributed by atoms with Gasteiger partial charge in [-0.1, -0.05) is 23.2 Å². The molecule has 2 rings (SSSR count). The largest absolute Gasteiger partial charge is 0.382 e. The minimum absolute atomic E-state index is 0.0453. The number of halogens is 2. The van der Waals surface area contributed by atoms with Crippen LogP contribution in [0.2, 0.25) is 10.0 Å². The molecule has 1 aromatic heterocycles. The first-order valence-corrected chi connectivity index (χ1v) is 6.91. The smallest absolute Gasteiger partial charge is 0.244 e. The summed E-state index contributed by atoms with van der Waals surface area (Å²) in [5.74, 6) is 0.613. The molecule has 19 heavy (non-hydrogen) atoms. The van der Waals surface area contributed by atoms with E-state index in [1.165, 1.54) is 6.07 Å². The van der Waals surface area contributed by atoms with Gasteiger partial charge in [0.25, 0.3) is 0 Å². The molecule has 0 radical (unpaired) electrons. The molecule has 0 saturated carbocycles. The molecule has 1 atom stereocenters. The molecule has 7 heteroatoms. The highest BCUT2D eigenvalue weighted by Gasteiger charge is 2.24. The van der Waals surface area contributed by atoms with Crippen LogP contribution in [0.5, 0.6) is 0 Å². The van der Waals surface area contributed by atoms with Gasteiger partial charge in [0.2, 0.25) is 5.91 Å². The van der Waals surface area contributed by atoms with Crippen molar-refractivity contribution < 1.29 is 4.79 Å². The molecule has 104 valence electrons. The number of likely N-dealkylation sites (tertiary alicyclic amines) is 1. The van der Waals surface area contributed by atoms with Crippen LogP contribution >= 0.6 is 23.2 Å². The van der Waals surface area contributed by atoms with Crippen molar-refractivity contribution in [2.75, 3.05) is 24.1 Å². The van der Waals surface area contributed by atoms with Crippen LogP contribution in [0.25, 0.3) is 0 Å². The number of nitrogens with zero attached hydrogens (tertiary/aromatic N) is 2. The number of nitrogens with one attached hydrogen (secondary N) is 1. The quantitative estimate of drug-likeness (QED) is 0.899. The van der Waals surface area contributed by atoms with Crippen molar-refractivity contribution in [3.05, 3.63) is 16.1 Å². The maximum Gasteiger partial charge on any atom is 0.244 e. The average Bonchev–Trinajstić information content (AvgIpc) is 2.88. The van der Waals surface area contributed by atoms with Gasteiger partial charge in [-0.25, -0.2) is 4.98 Å². The summed E-state index contributed by atoms with van der Waals surface area (Å²) < 4.78 is 0. The number of hydrogen-bond donors (Lipinski definition) is 2. The van der Waals surface area contributed by atoms with E-state index in [-0.39, 0.29) is 11.7 Å². The first-order chi connectivity index (χ1) is 8.99. The zero-order valence-corrected chi connectivity index (χ0v) is 12.1. The minimum Gasteiger partial charge on any atom is -0.382 e. The van der Waals surface area contributed by atoms with Crippen LogP contribution in [0.15, 0.2) is 6.07 Å². The zero-order valence-electron chi connectivity index (χ0n) is 10.6. The van der Waals surface area contributed by atoms with Crippen LogP contribution in [0, 0.1) is 0 Å². The summed E-state index contributed by atoms with van der Waals surface area (Å²) in [4.78, 5) is 18.0. The van der Waals surface area contributed by atoms with E-state index >= 15 is 0 Å². The maximum absolute atomic E-state index is 12.1. The summed E-state index contributed by atoms with van der Waals surface area (Å²) in [6.45, 7) is 3.41. The van der Waals surface area contributed by atoms with Gasteiger partial charge in [-0.05, 0) is 25.8 Å². The molecule has 5 nitrogen and oxygen atoms in total. The van der Waals surface area contributed by atoms with Crippen molar-refractivity contribution in [1.29, 1.82) is 0 Å². The Bertz CT molecular complexity index is 489. The Kier molecular flexibility index (Phi) is 4.37. The first-order valence-electron chi connectivity index (χ1n) is 6.16. The third kappa shape index (κ3) is 3.22. The van der Waals surface area contributed by atoms with Crippen molar-refractivity contribution in [3.63, 3.8) is 0 Å². The van der Waals surface area contributed by atoms with Gasteiger partial charge >= 0.3 is 0 Å².